The van der Waals surface area contributed by atoms with Gasteiger partial charge in [-0.25, -0.2) is 4.98 Å². The Morgan fingerprint density at radius 1 is 1.16 bits per heavy atom. The molecular weight excluding hydrogens is 426 g/mol. The smallest absolute Gasteiger partial charge is 0.247 e. The molecule has 3 aromatic rings. The Hall–Kier alpha value is -3.46. The van der Waals surface area contributed by atoms with E-state index in [0.29, 0.717) is 34.7 Å². The lowest BCUT2D eigenvalue weighted by atomic mass is 10.2. The summed E-state index contributed by atoms with van der Waals surface area (Å²) in [5, 5.41) is 12.8. The molecule has 0 aliphatic heterocycles. The van der Waals surface area contributed by atoms with Crippen LogP contribution in [0, 0.1) is 0 Å². The van der Waals surface area contributed by atoms with Gasteiger partial charge in [0.25, 0.3) is 0 Å². The zero-order valence-electron chi connectivity index (χ0n) is 17.7. The summed E-state index contributed by atoms with van der Waals surface area (Å²) in [5.41, 5.74) is 8.96. The van der Waals surface area contributed by atoms with Crippen molar-refractivity contribution in [2.45, 2.75) is 19.5 Å². The second-order valence-electron chi connectivity index (χ2n) is 7.13. The summed E-state index contributed by atoms with van der Waals surface area (Å²) in [4.78, 5) is 20.2. The number of nitrogens with one attached hydrogen (secondary N) is 4. The van der Waals surface area contributed by atoms with Gasteiger partial charge in [0.2, 0.25) is 11.9 Å². The summed E-state index contributed by atoms with van der Waals surface area (Å²) in [5.74, 6) is 0.549. The molecule has 0 aliphatic carbocycles. The van der Waals surface area contributed by atoms with Crippen molar-refractivity contribution in [3.8, 4) is 0 Å². The van der Waals surface area contributed by atoms with Gasteiger partial charge in [-0.1, -0.05) is 36.4 Å². The van der Waals surface area contributed by atoms with Crippen LogP contribution in [0.4, 0.5) is 28.8 Å². The highest BCUT2D eigenvalue weighted by atomic mass is 35.5. The van der Waals surface area contributed by atoms with Gasteiger partial charge >= 0.3 is 0 Å². The van der Waals surface area contributed by atoms with Crippen LogP contribution in [0.3, 0.4) is 0 Å². The summed E-state index contributed by atoms with van der Waals surface area (Å²) in [6.07, 6.45) is 2.73. The SMILES string of the molecule is C=CC(=O)Nc1cccc(Nc2nc(Nc3ccc(CNC(C)CN)cc3)ncc2Cl)c1. The second kappa shape index (κ2) is 11.2. The van der Waals surface area contributed by atoms with E-state index in [9.17, 15) is 4.79 Å². The first-order valence-electron chi connectivity index (χ1n) is 10.1. The molecule has 0 radical (unpaired) electrons. The molecule has 1 unspecified atom stereocenters. The van der Waals surface area contributed by atoms with Crippen LogP contribution in [0.1, 0.15) is 12.5 Å². The predicted molar refractivity (Wildman–Crippen MR) is 131 cm³/mol. The maximum Gasteiger partial charge on any atom is 0.247 e. The lowest BCUT2D eigenvalue weighted by Gasteiger charge is -2.12. The van der Waals surface area contributed by atoms with Gasteiger partial charge in [-0.05, 0) is 48.9 Å². The van der Waals surface area contributed by atoms with Crippen molar-refractivity contribution in [3.63, 3.8) is 0 Å². The van der Waals surface area contributed by atoms with E-state index in [4.69, 9.17) is 17.3 Å². The van der Waals surface area contributed by atoms with Crippen molar-refractivity contribution in [1.29, 1.82) is 0 Å². The third-order valence-corrected chi connectivity index (χ3v) is 4.82. The molecule has 0 saturated carbocycles. The third-order valence-electron chi connectivity index (χ3n) is 4.54. The lowest BCUT2D eigenvalue weighted by Crippen LogP contribution is -2.32. The fourth-order valence-electron chi connectivity index (χ4n) is 2.73. The number of benzene rings is 2. The number of halogens is 1. The number of carbonyl (C=O) groups excluding carboxylic acids is 1. The van der Waals surface area contributed by atoms with Crippen LogP contribution in [0.2, 0.25) is 5.02 Å². The van der Waals surface area contributed by atoms with Gasteiger partial charge in [-0.3, -0.25) is 4.79 Å². The molecule has 0 spiro atoms. The van der Waals surface area contributed by atoms with Crippen molar-refractivity contribution in [1.82, 2.24) is 15.3 Å². The van der Waals surface area contributed by atoms with Crippen LogP contribution in [-0.2, 0) is 11.3 Å². The Kier molecular flexibility index (Phi) is 8.15. The Bertz CT molecular complexity index is 1070. The molecule has 6 N–H and O–H groups in total. The molecule has 0 bridgehead atoms. The highest BCUT2D eigenvalue weighted by Crippen LogP contribution is 2.26. The minimum Gasteiger partial charge on any atom is -0.339 e. The molecular formula is C23H26ClN7O. The van der Waals surface area contributed by atoms with Crippen LogP contribution in [0.15, 0.2) is 67.4 Å². The number of hydrogen-bond donors (Lipinski definition) is 5. The van der Waals surface area contributed by atoms with Gasteiger partial charge in [0.1, 0.15) is 5.02 Å². The van der Waals surface area contributed by atoms with Gasteiger partial charge in [0.15, 0.2) is 5.82 Å². The normalized spacial score (nSPS) is 11.5. The molecule has 1 atom stereocenters. The van der Waals surface area contributed by atoms with E-state index in [2.05, 4.69) is 37.8 Å². The average Bonchev–Trinajstić information content (AvgIpc) is 2.80. The Morgan fingerprint density at radius 3 is 2.62 bits per heavy atom. The summed E-state index contributed by atoms with van der Waals surface area (Å²) in [6.45, 7) is 6.84. The maximum atomic E-state index is 11.5. The number of amides is 1. The summed E-state index contributed by atoms with van der Waals surface area (Å²) >= 11 is 6.27. The first kappa shape index (κ1) is 23.2. The summed E-state index contributed by atoms with van der Waals surface area (Å²) < 4.78 is 0. The minimum absolute atomic E-state index is 0.264. The van der Waals surface area contributed by atoms with Crippen LogP contribution < -0.4 is 27.0 Å². The van der Waals surface area contributed by atoms with E-state index < -0.39 is 0 Å². The Morgan fingerprint density at radius 2 is 1.91 bits per heavy atom. The summed E-state index contributed by atoms with van der Waals surface area (Å²) in [7, 11) is 0. The topological polar surface area (TPSA) is 117 Å². The molecule has 2 aromatic carbocycles. The zero-order chi connectivity index (χ0) is 22.9. The third kappa shape index (κ3) is 6.78. The minimum atomic E-state index is -0.288. The van der Waals surface area contributed by atoms with Gasteiger partial charge in [0, 0.05) is 36.2 Å². The van der Waals surface area contributed by atoms with Crippen molar-refractivity contribution in [2.24, 2.45) is 5.73 Å². The van der Waals surface area contributed by atoms with Gasteiger partial charge < -0.3 is 27.0 Å². The molecule has 1 heterocycles. The molecule has 9 heteroatoms. The van der Waals surface area contributed by atoms with Crippen molar-refractivity contribution >= 4 is 46.3 Å². The van der Waals surface area contributed by atoms with E-state index >= 15 is 0 Å². The number of aromatic nitrogens is 2. The molecule has 0 fully saturated rings. The molecule has 32 heavy (non-hydrogen) atoms. The summed E-state index contributed by atoms with van der Waals surface area (Å²) in [6, 6.07) is 15.4. The van der Waals surface area contributed by atoms with Crippen LogP contribution in [0.5, 0.6) is 0 Å². The number of nitrogens with zero attached hydrogens (tertiary/aromatic N) is 2. The molecule has 1 aromatic heterocycles. The van der Waals surface area contributed by atoms with Crippen LogP contribution >= 0.6 is 11.6 Å². The average molecular weight is 452 g/mol. The van der Waals surface area contributed by atoms with Gasteiger partial charge in [-0.2, -0.15) is 4.98 Å². The Labute approximate surface area is 192 Å². The van der Waals surface area contributed by atoms with E-state index in [1.807, 2.05) is 37.3 Å². The Balaban J connectivity index is 1.68. The number of hydrogen-bond acceptors (Lipinski definition) is 7. The number of nitrogens with two attached hydrogens (primary N) is 1. The van der Waals surface area contributed by atoms with E-state index in [-0.39, 0.29) is 11.9 Å². The van der Waals surface area contributed by atoms with E-state index in [1.165, 1.54) is 12.3 Å². The highest BCUT2D eigenvalue weighted by Gasteiger charge is 2.08. The van der Waals surface area contributed by atoms with Gasteiger partial charge in [0.05, 0.1) is 6.20 Å². The number of rotatable bonds is 10. The first-order chi connectivity index (χ1) is 15.5. The largest absolute Gasteiger partial charge is 0.339 e. The zero-order valence-corrected chi connectivity index (χ0v) is 18.5. The fraction of sp³-hybridized carbons (Fsp3) is 0.174. The van der Waals surface area contributed by atoms with Crippen molar-refractivity contribution < 1.29 is 4.79 Å². The van der Waals surface area contributed by atoms with Crippen molar-refractivity contribution in [2.75, 3.05) is 22.5 Å². The number of carbonyl (C=O) groups is 1. The lowest BCUT2D eigenvalue weighted by molar-refractivity contribution is -0.111. The fourth-order valence-corrected chi connectivity index (χ4v) is 2.87. The first-order valence-corrected chi connectivity index (χ1v) is 10.5. The van der Waals surface area contributed by atoms with E-state index in [0.717, 1.165) is 17.8 Å². The maximum absolute atomic E-state index is 11.5. The standard InChI is InChI=1S/C23H26ClN7O/c1-3-21(32)28-18-5-4-6-19(11-18)29-22-20(24)14-27-23(31-22)30-17-9-7-16(8-10-17)13-26-15(2)12-25/h3-11,14-15,26H,1,12-13,25H2,2H3,(H,28,32)(H2,27,29,30,31). The second-order valence-corrected chi connectivity index (χ2v) is 7.54. The molecule has 0 aliphatic rings. The quantitative estimate of drug-likeness (QED) is 0.293. The monoisotopic (exact) mass is 451 g/mol. The molecule has 1 amide bonds. The molecule has 166 valence electrons. The number of anilines is 5. The molecule has 3 rings (SSSR count). The van der Waals surface area contributed by atoms with E-state index in [1.54, 1.807) is 18.2 Å². The molecule has 8 nitrogen and oxygen atoms in total. The van der Waals surface area contributed by atoms with Crippen LogP contribution in [0.25, 0.3) is 0 Å². The highest BCUT2D eigenvalue weighted by molar-refractivity contribution is 6.32. The van der Waals surface area contributed by atoms with Crippen molar-refractivity contribution in [3.05, 3.63) is 78.0 Å². The van der Waals surface area contributed by atoms with Gasteiger partial charge in [-0.15, -0.1) is 0 Å². The van der Waals surface area contributed by atoms with Crippen LogP contribution in [-0.4, -0.2) is 28.5 Å². The molecule has 0 saturated heterocycles. The predicted octanol–water partition coefficient (Wildman–Crippen LogP) is 4.18.